The van der Waals surface area contributed by atoms with Gasteiger partial charge in [-0.3, -0.25) is 13.8 Å². The Labute approximate surface area is 296 Å². The number of carbonyl (C=O) groups is 1. The van der Waals surface area contributed by atoms with Crippen LogP contribution in [0.2, 0.25) is 0 Å². The molecule has 3 atom stereocenters. The minimum atomic E-state index is -4.30. The van der Waals surface area contributed by atoms with Gasteiger partial charge in [-0.05, 0) is 44.9 Å². The molecule has 0 aromatic heterocycles. The van der Waals surface area contributed by atoms with Gasteiger partial charge in [0.2, 0.25) is 5.91 Å². The molecule has 0 saturated carbocycles. The SMILES string of the molecule is CCCCC/C=C\C/C=C\CCCCCCCCCCCC(=O)NC(COP(=O)(O)OCC[N+](C)(C)C)C(O)CCCCCCCCC. The second-order valence-corrected chi connectivity index (χ2v) is 16.1. The van der Waals surface area contributed by atoms with Crippen molar-refractivity contribution in [2.24, 2.45) is 0 Å². The molecule has 0 radical (unpaired) electrons. The first-order valence-electron chi connectivity index (χ1n) is 19.7. The molecule has 0 fully saturated rings. The van der Waals surface area contributed by atoms with Gasteiger partial charge in [0, 0.05) is 6.42 Å². The molecule has 0 rings (SSSR count). The van der Waals surface area contributed by atoms with Gasteiger partial charge < -0.3 is 19.8 Å². The standard InChI is InChI=1S/C39H77N2O6P/c1-6-8-10-12-14-15-16-17-18-19-20-21-22-23-24-25-27-29-31-33-39(43)40-37(38(42)32-30-28-26-13-11-9-7-2)36-47-48(44,45)46-35-34-41(3,4)5/h14-15,17-18,37-38,42H,6-13,16,19-36H2,1-5H3,(H-,40,43,44,45)/p+1/b15-14-,18-17-. The molecule has 0 heterocycles. The highest BCUT2D eigenvalue weighted by atomic mass is 31.2. The van der Waals surface area contributed by atoms with Crippen molar-refractivity contribution in [2.75, 3.05) is 40.9 Å². The number of hydrogen-bond acceptors (Lipinski definition) is 5. The van der Waals surface area contributed by atoms with Gasteiger partial charge >= 0.3 is 7.82 Å². The molecule has 8 nitrogen and oxygen atoms in total. The highest BCUT2D eigenvalue weighted by Gasteiger charge is 2.28. The number of rotatable bonds is 35. The second kappa shape index (κ2) is 31.9. The summed E-state index contributed by atoms with van der Waals surface area (Å²) in [6.45, 7) is 4.79. The Morgan fingerprint density at radius 3 is 1.75 bits per heavy atom. The van der Waals surface area contributed by atoms with Crippen LogP contribution in [0.4, 0.5) is 0 Å². The molecule has 0 aliphatic heterocycles. The van der Waals surface area contributed by atoms with Crippen LogP contribution in [0.3, 0.4) is 0 Å². The molecule has 9 heteroatoms. The number of likely N-dealkylation sites (N-methyl/N-ethyl adjacent to an activating group) is 1. The topological polar surface area (TPSA) is 105 Å². The van der Waals surface area contributed by atoms with E-state index in [4.69, 9.17) is 9.05 Å². The number of phosphoric ester groups is 1. The van der Waals surface area contributed by atoms with Gasteiger partial charge in [-0.1, -0.05) is 141 Å². The fraction of sp³-hybridized carbons (Fsp3) is 0.872. The van der Waals surface area contributed by atoms with Crippen molar-refractivity contribution in [3.63, 3.8) is 0 Å². The zero-order valence-corrected chi connectivity index (χ0v) is 32.9. The number of aliphatic hydroxyl groups is 1. The third-order valence-electron chi connectivity index (χ3n) is 8.70. The van der Waals surface area contributed by atoms with Crippen LogP contribution >= 0.6 is 7.82 Å². The normalized spacial score (nSPS) is 14.9. The fourth-order valence-corrected chi connectivity index (χ4v) is 6.22. The van der Waals surface area contributed by atoms with Crippen LogP contribution in [-0.2, 0) is 18.4 Å². The number of allylic oxidation sites excluding steroid dienone is 4. The molecule has 0 saturated heterocycles. The van der Waals surface area contributed by atoms with Gasteiger partial charge in [-0.2, -0.15) is 0 Å². The molecular formula is C39H78N2O6P+. The average Bonchev–Trinajstić information content (AvgIpc) is 3.02. The largest absolute Gasteiger partial charge is 0.472 e. The van der Waals surface area contributed by atoms with Gasteiger partial charge in [0.1, 0.15) is 13.2 Å². The van der Waals surface area contributed by atoms with E-state index in [-0.39, 0.29) is 19.1 Å². The molecule has 0 bridgehead atoms. The van der Waals surface area contributed by atoms with Crippen molar-refractivity contribution in [1.82, 2.24) is 5.32 Å². The highest BCUT2D eigenvalue weighted by molar-refractivity contribution is 7.47. The highest BCUT2D eigenvalue weighted by Crippen LogP contribution is 2.43. The van der Waals surface area contributed by atoms with E-state index in [1.54, 1.807) is 0 Å². The molecule has 0 aromatic carbocycles. The minimum Gasteiger partial charge on any atom is -0.391 e. The first-order valence-corrected chi connectivity index (χ1v) is 21.2. The Bertz CT molecular complexity index is 845. The van der Waals surface area contributed by atoms with Crippen molar-refractivity contribution >= 4 is 13.7 Å². The summed E-state index contributed by atoms with van der Waals surface area (Å²) in [6.07, 6.45) is 35.0. The number of quaternary nitrogens is 1. The quantitative estimate of drug-likeness (QED) is 0.0263. The number of hydrogen-bond donors (Lipinski definition) is 3. The van der Waals surface area contributed by atoms with Crippen molar-refractivity contribution in [3.8, 4) is 0 Å². The van der Waals surface area contributed by atoms with Crippen molar-refractivity contribution < 1.29 is 32.9 Å². The molecule has 284 valence electrons. The lowest BCUT2D eigenvalue weighted by molar-refractivity contribution is -0.870. The Morgan fingerprint density at radius 2 is 1.19 bits per heavy atom. The molecule has 3 N–H and O–H groups in total. The lowest BCUT2D eigenvalue weighted by Crippen LogP contribution is -2.46. The number of carbonyl (C=O) groups excluding carboxylic acids is 1. The van der Waals surface area contributed by atoms with E-state index in [1.807, 2.05) is 21.1 Å². The smallest absolute Gasteiger partial charge is 0.391 e. The van der Waals surface area contributed by atoms with Crippen LogP contribution in [0.5, 0.6) is 0 Å². The number of phosphoric acid groups is 1. The van der Waals surface area contributed by atoms with Crippen molar-refractivity contribution in [1.29, 1.82) is 0 Å². The molecule has 48 heavy (non-hydrogen) atoms. The van der Waals surface area contributed by atoms with E-state index in [0.717, 1.165) is 44.9 Å². The van der Waals surface area contributed by atoms with Crippen LogP contribution in [-0.4, -0.2) is 73.4 Å². The molecule has 1 amide bonds. The fourth-order valence-electron chi connectivity index (χ4n) is 5.49. The first-order chi connectivity index (χ1) is 23.0. The third-order valence-corrected chi connectivity index (χ3v) is 9.69. The van der Waals surface area contributed by atoms with Crippen molar-refractivity contribution in [3.05, 3.63) is 24.3 Å². The maximum absolute atomic E-state index is 12.8. The summed E-state index contributed by atoms with van der Waals surface area (Å²) < 4.78 is 23.4. The van der Waals surface area contributed by atoms with Crippen LogP contribution in [0.1, 0.15) is 168 Å². The molecule has 0 spiro atoms. The van der Waals surface area contributed by atoms with E-state index >= 15 is 0 Å². The van der Waals surface area contributed by atoms with Crippen LogP contribution < -0.4 is 5.32 Å². The summed E-state index contributed by atoms with van der Waals surface area (Å²) in [5.74, 6) is -0.155. The Kier molecular flexibility index (Phi) is 31.2. The summed E-state index contributed by atoms with van der Waals surface area (Å²) in [5, 5.41) is 13.8. The third kappa shape index (κ3) is 33.5. The van der Waals surface area contributed by atoms with Crippen LogP contribution in [0.25, 0.3) is 0 Å². The van der Waals surface area contributed by atoms with Gasteiger partial charge in [0.15, 0.2) is 0 Å². The average molecular weight is 702 g/mol. The second-order valence-electron chi connectivity index (χ2n) is 14.7. The van der Waals surface area contributed by atoms with E-state index in [1.165, 1.54) is 96.3 Å². The van der Waals surface area contributed by atoms with Gasteiger partial charge in [0.05, 0.1) is 39.9 Å². The zero-order valence-electron chi connectivity index (χ0n) is 32.0. The van der Waals surface area contributed by atoms with Gasteiger partial charge in [0.25, 0.3) is 0 Å². The number of nitrogens with one attached hydrogen (secondary N) is 1. The summed E-state index contributed by atoms with van der Waals surface area (Å²) in [6, 6.07) is -0.757. The van der Waals surface area contributed by atoms with Crippen molar-refractivity contribution in [2.45, 2.75) is 180 Å². The Hall–Kier alpha value is -1.02. The number of aliphatic hydroxyl groups excluding tert-OH is 1. The van der Waals surface area contributed by atoms with E-state index < -0.39 is 20.0 Å². The van der Waals surface area contributed by atoms with Gasteiger partial charge in [-0.15, -0.1) is 0 Å². The molecule has 0 aromatic rings. The lowest BCUT2D eigenvalue weighted by atomic mass is 10.0. The van der Waals surface area contributed by atoms with Crippen LogP contribution in [0, 0.1) is 0 Å². The maximum Gasteiger partial charge on any atom is 0.472 e. The van der Waals surface area contributed by atoms with E-state index in [9.17, 15) is 19.4 Å². The summed E-state index contributed by atoms with van der Waals surface area (Å²) in [4.78, 5) is 22.9. The summed E-state index contributed by atoms with van der Waals surface area (Å²) in [5.41, 5.74) is 0. The number of unbranched alkanes of at least 4 members (excludes halogenated alkanes) is 18. The predicted molar refractivity (Wildman–Crippen MR) is 203 cm³/mol. The molecule has 3 unspecified atom stereocenters. The molecule has 0 aliphatic rings. The van der Waals surface area contributed by atoms with Gasteiger partial charge in [-0.25, -0.2) is 4.57 Å². The van der Waals surface area contributed by atoms with Crippen LogP contribution in [0.15, 0.2) is 24.3 Å². The zero-order chi connectivity index (χ0) is 35.8. The predicted octanol–water partition coefficient (Wildman–Crippen LogP) is 10.2. The minimum absolute atomic E-state index is 0.0735. The lowest BCUT2D eigenvalue weighted by Gasteiger charge is -2.26. The summed E-state index contributed by atoms with van der Waals surface area (Å²) >= 11 is 0. The first kappa shape index (κ1) is 47.0. The van der Waals surface area contributed by atoms with E-state index in [2.05, 4.69) is 43.5 Å². The monoisotopic (exact) mass is 702 g/mol. The number of amides is 1. The molecular weight excluding hydrogens is 623 g/mol. The Morgan fingerprint density at radius 1 is 0.708 bits per heavy atom. The number of nitrogens with zero attached hydrogens (tertiary/aromatic N) is 1. The molecule has 0 aliphatic carbocycles. The van der Waals surface area contributed by atoms with E-state index in [0.29, 0.717) is 23.9 Å². The Balaban J connectivity index is 4.27. The maximum atomic E-state index is 12.8. The summed E-state index contributed by atoms with van der Waals surface area (Å²) in [7, 11) is 1.61.